The van der Waals surface area contributed by atoms with E-state index in [0.717, 1.165) is 6.42 Å². The monoisotopic (exact) mass is 196 g/mol. The summed E-state index contributed by atoms with van der Waals surface area (Å²) in [6.07, 6.45) is 3.62. The highest BCUT2D eigenvalue weighted by Gasteiger charge is 2.51. The van der Waals surface area contributed by atoms with Crippen LogP contribution in [0.5, 0.6) is 0 Å². The summed E-state index contributed by atoms with van der Waals surface area (Å²) in [4.78, 5) is 25.1. The Morgan fingerprint density at radius 3 is 3.21 bits per heavy atom. The number of carbonyl (C=O) groups is 2. The maximum Gasteiger partial charge on any atom is 0.246 e. The summed E-state index contributed by atoms with van der Waals surface area (Å²) in [5.41, 5.74) is -0.754. The fourth-order valence-corrected chi connectivity index (χ4v) is 2.32. The fraction of sp³-hybridized carbons (Fsp3) is 0.600. The molecule has 1 N–H and O–H groups in total. The standard InChI is InChI=1S/C10H14N2O2/c1-2-4-10-5-3-6-12(10)8(13)7-11-9(10)14/h2H,1,3-7H2,(H,11,14)/t10-/m0/s1/i7D,11+1/t7?,10-. The average molecular weight is 196 g/mol. The van der Waals surface area contributed by atoms with Crippen molar-refractivity contribution in [3.63, 3.8) is 0 Å². The molecular formula is C10H14N2O2. The van der Waals surface area contributed by atoms with Crippen molar-refractivity contribution in [3.05, 3.63) is 12.7 Å². The number of hydrogen-bond acceptors (Lipinski definition) is 2. The lowest BCUT2D eigenvalue weighted by Gasteiger charge is -2.40. The number of piperazine rings is 1. The van der Waals surface area contributed by atoms with Crippen molar-refractivity contribution in [1.29, 1.82) is 0 Å². The largest absolute Gasteiger partial charge is 0.345 e. The average Bonchev–Trinajstić information content (AvgIpc) is 2.61. The number of nitrogens with zero attached hydrogens (tertiary/aromatic N) is 1. The van der Waals surface area contributed by atoms with Gasteiger partial charge in [0.15, 0.2) is 0 Å². The molecule has 0 saturated carbocycles. The molecule has 2 fully saturated rings. The Labute approximate surface area is 84.4 Å². The molecule has 4 nitrogen and oxygen atoms in total. The first-order valence-electron chi connectivity index (χ1n) is 5.35. The molecule has 0 radical (unpaired) electrons. The second-order valence-corrected chi connectivity index (χ2v) is 3.74. The van der Waals surface area contributed by atoms with Crippen LogP contribution in [0.4, 0.5) is 0 Å². The summed E-state index contributed by atoms with van der Waals surface area (Å²) in [7, 11) is 0. The van der Waals surface area contributed by atoms with Crippen LogP contribution in [0.25, 0.3) is 0 Å². The topological polar surface area (TPSA) is 49.4 Å². The van der Waals surface area contributed by atoms with Crippen molar-refractivity contribution in [3.8, 4) is 0 Å². The first kappa shape index (κ1) is 8.03. The van der Waals surface area contributed by atoms with Gasteiger partial charge in [-0.25, -0.2) is 0 Å². The van der Waals surface area contributed by atoms with Gasteiger partial charge in [-0.15, -0.1) is 6.58 Å². The van der Waals surface area contributed by atoms with Gasteiger partial charge in [-0.05, 0) is 19.3 Å². The third kappa shape index (κ3) is 1.06. The molecule has 4 heteroatoms. The molecule has 2 amide bonds. The molecule has 0 aromatic carbocycles. The highest BCUT2D eigenvalue weighted by atomic mass is 16.2. The van der Waals surface area contributed by atoms with Gasteiger partial charge in [0.1, 0.15) is 5.54 Å². The van der Waals surface area contributed by atoms with Gasteiger partial charge in [-0.3, -0.25) is 9.59 Å². The molecule has 0 aromatic rings. The number of rotatable bonds is 2. The van der Waals surface area contributed by atoms with E-state index in [9.17, 15) is 9.59 Å². The smallest absolute Gasteiger partial charge is 0.246 e. The van der Waals surface area contributed by atoms with Crippen molar-refractivity contribution in [2.75, 3.05) is 13.1 Å². The highest BCUT2D eigenvalue weighted by molar-refractivity contribution is 5.98. The summed E-state index contributed by atoms with van der Waals surface area (Å²) in [6, 6.07) is 0. The minimum atomic E-state index is -1.13. The number of amides is 2. The molecule has 76 valence electrons. The Morgan fingerprint density at radius 1 is 1.71 bits per heavy atom. The number of fused-ring (bicyclic) bond motifs is 1. The predicted molar refractivity (Wildman–Crippen MR) is 51.5 cm³/mol. The molecule has 2 atom stereocenters. The molecule has 2 heterocycles. The zero-order valence-electron chi connectivity index (χ0n) is 8.95. The SMILES string of the molecule is [2H]C1[15NH]C(=O)[C@]2(CC=C)CCCN2C1=O. The molecule has 1 unspecified atom stereocenters. The fourth-order valence-electron chi connectivity index (χ4n) is 2.32. The maximum atomic E-state index is 11.9. The van der Waals surface area contributed by atoms with E-state index < -0.39 is 12.1 Å². The van der Waals surface area contributed by atoms with Crippen LogP contribution in [0.3, 0.4) is 0 Å². The lowest BCUT2D eigenvalue weighted by atomic mass is 9.90. The van der Waals surface area contributed by atoms with Crippen molar-refractivity contribution < 1.29 is 11.0 Å². The summed E-state index contributed by atoms with van der Waals surface area (Å²) in [5.74, 6) is -0.506. The molecule has 2 rings (SSSR count). The van der Waals surface area contributed by atoms with Crippen LogP contribution in [0.2, 0.25) is 0 Å². The van der Waals surface area contributed by atoms with Crippen LogP contribution >= 0.6 is 0 Å². The van der Waals surface area contributed by atoms with Gasteiger partial charge < -0.3 is 10.2 Å². The van der Waals surface area contributed by atoms with Gasteiger partial charge in [-0.2, -0.15) is 0 Å². The molecule has 14 heavy (non-hydrogen) atoms. The van der Waals surface area contributed by atoms with Crippen molar-refractivity contribution >= 4 is 11.8 Å². The van der Waals surface area contributed by atoms with Crippen LogP contribution in [0.15, 0.2) is 12.7 Å². The second-order valence-electron chi connectivity index (χ2n) is 3.74. The Kier molecular flexibility index (Phi) is 1.79. The van der Waals surface area contributed by atoms with Gasteiger partial charge >= 0.3 is 0 Å². The van der Waals surface area contributed by atoms with E-state index in [1.165, 1.54) is 0 Å². The summed E-state index contributed by atoms with van der Waals surface area (Å²) >= 11 is 0. The van der Waals surface area contributed by atoms with Crippen molar-refractivity contribution in [1.82, 2.24) is 10.2 Å². The van der Waals surface area contributed by atoms with Gasteiger partial charge in [-0.1, -0.05) is 6.08 Å². The summed E-state index contributed by atoms with van der Waals surface area (Å²) in [6.45, 7) is 3.07. The molecule has 0 bridgehead atoms. The van der Waals surface area contributed by atoms with E-state index >= 15 is 0 Å². The third-order valence-electron chi connectivity index (χ3n) is 2.99. The minimum Gasteiger partial charge on any atom is -0.345 e. The van der Waals surface area contributed by atoms with Crippen LogP contribution in [0.1, 0.15) is 20.6 Å². The minimum absolute atomic E-state index is 0.209. The Bertz CT molecular complexity index is 331. The van der Waals surface area contributed by atoms with Crippen molar-refractivity contribution in [2.45, 2.75) is 24.8 Å². The van der Waals surface area contributed by atoms with Crippen LogP contribution < -0.4 is 5.32 Å². The molecule has 0 spiro atoms. The maximum absolute atomic E-state index is 11.9. The van der Waals surface area contributed by atoms with E-state index in [0.29, 0.717) is 19.4 Å². The Hall–Kier alpha value is -1.32. The molecule has 0 aromatic heterocycles. The normalized spacial score (nSPS) is 37.6. The van der Waals surface area contributed by atoms with E-state index in [1.54, 1.807) is 11.0 Å². The third-order valence-corrected chi connectivity index (χ3v) is 2.99. The summed E-state index contributed by atoms with van der Waals surface area (Å²) in [5, 5.41) is 2.41. The highest BCUT2D eigenvalue weighted by Crippen LogP contribution is 2.34. The number of carbonyl (C=O) groups excluding carboxylic acids is 2. The molecular weight excluding hydrogens is 181 g/mol. The van der Waals surface area contributed by atoms with Crippen LogP contribution in [-0.2, 0) is 9.59 Å². The lowest BCUT2D eigenvalue weighted by molar-refractivity contribution is -0.150. The number of nitrogens with one attached hydrogen (secondary N) is 1. The second kappa shape index (κ2) is 3.12. The lowest BCUT2D eigenvalue weighted by Crippen LogP contribution is -2.64. The van der Waals surface area contributed by atoms with Gasteiger partial charge in [0.05, 0.1) is 7.89 Å². The molecule has 2 aliphatic heterocycles. The first-order chi connectivity index (χ1) is 7.12. The quantitative estimate of drug-likeness (QED) is 0.501. The van der Waals surface area contributed by atoms with E-state index in [1.807, 2.05) is 0 Å². The predicted octanol–water partition coefficient (Wildman–Crippen LogP) is 0.0535. The number of hydrogen-bond donors (Lipinski definition) is 1. The van der Waals surface area contributed by atoms with Crippen LogP contribution in [0, 0.1) is 0 Å². The zero-order chi connectivity index (χ0) is 11.1. The van der Waals surface area contributed by atoms with E-state index in [4.69, 9.17) is 1.37 Å². The molecule has 0 aliphatic carbocycles. The van der Waals surface area contributed by atoms with Crippen LogP contribution in [-0.4, -0.2) is 35.3 Å². The van der Waals surface area contributed by atoms with Gasteiger partial charge in [0.25, 0.3) is 0 Å². The molecule has 2 aliphatic rings. The Balaban J connectivity index is 2.36. The van der Waals surface area contributed by atoms with E-state index in [2.05, 4.69) is 11.9 Å². The first-order valence-corrected chi connectivity index (χ1v) is 4.77. The van der Waals surface area contributed by atoms with Crippen molar-refractivity contribution in [2.24, 2.45) is 0 Å². The van der Waals surface area contributed by atoms with E-state index in [-0.39, 0.29) is 11.8 Å². The van der Waals surface area contributed by atoms with Gasteiger partial charge in [0.2, 0.25) is 11.8 Å². The summed E-state index contributed by atoms with van der Waals surface area (Å²) < 4.78 is 7.43. The zero-order valence-corrected chi connectivity index (χ0v) is 7.95. The van der Waals surface area contributed by atoms with Gasteiger partial charge in [0, 0.05) is 6.54 Å². The molecule has 2 saturated heterocycles. The Morgan fingerprint density at radius 2 is 2.50 bits per heavy atom.